The molecule has 0 bridgehead atoms. The second-order valence-electron chi connectivity index (χ2n) is 5.15. The summed E-state index contributed by atoms with van der Waals surface area (Å²) in [4.78, 5) is 24.9. The van der Waals surface area contributed by atoms with Crippen molar-refractivity contribution in [2.24, 2.45) is 5.73 Å². The molecule has 0 aliphatic carbocycles. The Bertz CT molecular complexity index is 492. The van der Waals surface area contributed by atoms with Gasteiger partial charge in [0.25, 0.3) is 0 Å². The zero-order chi connectivity index (χ0) is 15.2. The molecule has 2 rings (SSSR count). The van der Waals surface area contributed by atoms with Gasteiger partial charge in [-0.05, 0) is 12.0 Å². The van der Waals surface area contributed by atoms with Gasteiger partial charge in [0.1, 0.15) is 0 Å². The number of hydrogen-bond donors (Lipinski definition) is 2. The van der Waals surface area contributed by atoms with Crippen LogP contribution in [0.5, 0.6) is 0 Å². The van der Waals surface area contributed by atoms with Crippen LogP contribution in [-0.4, -0.2) is 53.7 Å². The van der Waals surface area contributed by atoms with Gasteiger partial charge in [-0.25, -0.2) is 0 Å². The molecule has 1 unspecified atom stereocenters. The van der Waals surface area contributed by atoms with Gasteiger partial charge in [0.15, 0.2) is 0 Å². The standard InChI is InChI=1S/C15H20N2O4/c16-13(8-11-4-2-1-3-5-11)15(20)17-6-7-21-10-12(17)9-14(18)19/h1-5,12-13H,6-10,16H2,(H,18,19)/t12?,13-/m0/s1. The van der Waals surface area contributed by atoms with Crippen molar-refractivity contribution < 1.29 is 19.4 Å². The third-order valence-corrected chi connectivity index (χ3v) is 3.54. The minimum atomic E-state index is -0.945. The predicted molar refractivity (Wildman–Crippen MR) is 76.7 cm³/mol. The summed E-state index contributed by atoms with van der Waals surface area (Å²) in [5.41, 5.74) is 6.98. The Kier molecular flexibility index (Phi) is 5.30. The summed E-state index contributed by atoms with van der Waals surface area (Å²) in [5, 5.41) is 8.91. The van der Waals surface area contributed by atoms with Gasteiger partial charge in [0.05, 0.1) is 31.7 Å². The molecule has 3 N–H and O–H groups in total. The van der Waals surface area contributed by atoms with E-state index in [0.29, 0.717) is 19.6 Å². The Labute approximate surface area is 123 Å². The number of carboxylic acids is 1. The fraction of sp³-hybridized carbons (Fsp3) is 0.467. The molecule has 0 saturated carbocycles. The van der Waals surface area contributed by atoms with E-state index in [4.69, 9.17) is 15.6 Å². The van der Waals surface area contributed by atoms with Gasteiger partial charge in [0, 0.05) is 6.54 Å². The van der Waals surface area contributed by atoms with E-state index in [1.54, 1.807) is 4.90 Å². The number of amides is 1. The highest BCUT2D eigenvalue weighted by atomic mass is 16.5. The molecular formula is C15H20N2O4. The lowest BCUT2D eigenvalue weighted by molar-refractivity contribution is -0.147. The molecule has 1 aliphatic rings. The third-order valence-electron chi connectivity index (χ3n) is 3.54. The number of rotatable bonds is 5. The molecule has 1 aromatic carbocycles. The summed E-state index contributed by atoms with van der Waals surface area (Å²) in [6, 6.07) is 8.43. The van der Waals surface area contributed by atoms with E-state index in [0.717, 1.165) is 5.56 Å². The molecule has 1 fully saturated rings. The number of carbonyl (C=O) groups is 2. The number of carboxylic acid groups (broad SMARTS) is 1. The topological polar surface area (TPSA) is 92.9 Å². The lowest BCUT2D eigenvalue weighted by atomic mass is 10.0. The van der Waals surface area contributed by atoms with Crippen molar-refractivity contribution in [3.8, 4) is 0 Å². The van der Waals surface area contributed by atoms with Crippen LogP contribution in [0.25, 0.3) is 0 Å². The zero-order valence-electron chi connectivity index (χ0n) is 11.8. The monoisotopic (exact) mass is 292 g/mol. The number of ether oxygens (including phenoxy) is 1. The predicted octanol–water partition coefficient (Wildman–Crippen LogP) is 0.258. The summed E-state index contributed by atoms with van der Waals surface area (Å²) >= 11 is 0. The molecule has 0 radical (unpaired) electrons. The van der Waals surface area contributed by atoms with Crippen molar-refractivity contribution in [1.29, 1.82) is 0 Å². The number of aliphatic carboxylic acids is 1. The molecule has 0 spiro atoms. The Morgan fingerprint density at radius 2 is 2.10 bits per heavy atom. The van der Waals surface area contributed by atoms with Crippen molar-refractivity contribution in [2.75, 3.05) is 19.8 Å². The van der Waals surface area contributed by atoms with Crippen molar-refractivity contribution >= 4 is 11.9 Å². The summed E-state index contributed by atoms with van der Waals surface area (Å²) in [5.74, 6) is -1.16. The molecule has 0 aromatic heterocycles. The molecule has 6 nitrogen and oxygen atoms in total. The Balaban J connectivity index is 2.00. The van der Waals surface area contributed by atoms with Crippen LogP contribution in [0.3, 0.4) is 0 Å². The molecule has 21 heavy (non-hydrogen) atoms. The van der Waals surface area contributed by atoms with E-state index in [-0.39, 0.29) is 18.9 Å². The maximum atomic E-state index is 12.4. The van der Waals surface area contributed by atoms with Crippen LogP contribution in [-0.2, 0) is 20.7 Å². The molecular weight excluding hydrogens is 272 g/mol. The van der Waals surface area contributed by atoms with Gasteiger partial charge < -0.3 is 20.5 Å². The first-order valence-corrected chi connectivity index (χ1v) is 6.97. The van der Waals surface area contributed by atoms with Crippen LogP contribution in [0, 0.1) is 0 Å². The average molecular weight is 292 g/mol. The number of nitrogens with zero attached hydrogens (tertiary/aromatic N) is 1. The van der Waals surface area contributed by atoms with Crippen LogP contribution in [0.2, 0.25) is 0 Å². The van der Waals surface area contributed by atoms with Crippen LogP contribution in [0.15, 0.2) is 30.3 Å². The van der Waals surface area contributed by atoms with E-state index in [2.05, 4.69) is 0 Å². The first kappa shape index (κ1) is 15.5. The lowest BCUT2D eigenvalue weighted by Gasteiger charge is -2.36. The molecule has 6 heteroatoms. The van der Waals surface area contributed by atoms with Crippen molar-refractivity contribution in [3.05, 3.63) is 35.9 Å². The third kappa shape index (κ3) is 4.27. The summed E-state index contributed by atoms with van der Waals surface area (Å²) in [6.45, 7) is 1.05. The molecule has 114 valence electrons. The molecule has 1 aromatic rings. The van der Waals surface area contributed by atoms with E-state index >= 15 is 0 Å². The zero-order valence-corrected chi connectivity index (χ0v) is 11.8. The normalized spacial score (nSPS) is 20.0. The summed E-state index contributed by atoms with van der Waals surface area (Å²) in [6.07, 6.45) is 0.320. The van der Waals surface area contributed by atoms with Gasteiger partial charge >= 0.3 is 5.97 Å². The molecule has 1 aliphatic heterocycles. The lowest BCUT2D eigenvalue weighted by Crippen LogP contribution is -2.55. The van der Waals surface area contributed by atoms with Gasteiger partial charge in [0.2, 0.25) is 5.91 Å². The van der Waals surface area contributed by atoms with Gasteiger partial charge in [-0.15, -0.1) is 0 Å². The van der Waals surface area contributed by atoms with Crippen LogP contribution >= 0.6 is 0 Å². The van der Waals surface area contributed by atoms with Crippen LogP contribution in [0.4, 0.5) is 0 Å². The average Bonchev–Trinajstić information content (AvgIpc) is 2.47. The largest absolute Gasteiger partial charge is 0.481 e. The molecule has 2 atom stereocenters. The highest BCUT2D eigenvalue weighted by Crippen LogP contribution is 2.13. The summed E-state index contributed by atoms with van der Waals surface area (Å²) < 4.78 is 5.26. The molecule has 1 saturated heterocycles. The first-order chi connectivity index (χ1) is 10.1. The second kappa shape index (κ2) is 7.19. The first-order valence-electron chi connectivity index (χ1n) is 6.97. The quantitative estimate of drug-likeness (QED) is 0.812. The number of morpholine rings is 1. The highest BCUT2D eigenvalue weighted by molar-refractivity contribution is 5.83. The van der Waals surface area contributed by atoms with E-state index < -0.39 is 18.1 Å². The highest BCUT2D eigenvalue weighted by Gasteiger charge is 2.31. The Morgan fingerprint density at radius 1 is 1.38 bits per heavy atom. The number of nitrogens with two attached hydrogens (primary N) is 1. The Morgan fingerprint density at radius 3 is 2.76 bits per heavy atom. The minimum Gasteiger partial charge on any atom is -0.481 e. The minimum absolute atomic E-state index is 0.121. The van der Waals surface area contributed by atoms with Crippen LogP contribution < -0.4 is 5.73 Å². The molecule has 1 amide bonds. The van der Waals surface area contributed by atoms with Gasteiger partial charge in [-0.1, -0.05) is 30.3 Å². The number of benzene rings is 1. The van der Waals surface area contributed by atoms with E-state index in [9.17, 15) is 9.59 Å². The summed E-state index contributed by atoms with van der Waals surface area (Å²) in [7, 11) is 0. The van der Waals surface area contributed by atoms with E-state index in [1.165, 1.54) is 0 Å². The maximum absolute atomic E-state index is 12.4. The molecule has 1 heterocycles. The van der Waals surface area contributed by atoms with Crippen molar-refractivity contribution in [2.45, 2.75) is 24.9 Å². The number of hydrogen-bond acceptors (Lipinski definition) is 4. The fourth-order valence-corrected chi connectivity index (χ4v) is 2.48. The van der Waals surface area contributed by atoms with Gasteiger partial charge in [-0.3, -0.25) is 9.59 Å². The second-order valence-corrected chi connectivity index (χ2v) is 5.15. The van der Waals surface area contributed by atoms with E-state index in [1.807, 2.05) is 30.3 Å². The fourth-order valence-electron chi connectivity index (χ4n) is 2.48. The number of carbonyl (C=O) groups excluding carboxylic acids is 1. The van der Waals surface area contributed by atoms with Crippen molar-refractivity contribution in [1.82, 2.24) is 4.90 Å². The SMILES string of the molecule is N[C@@H](Cc1ccccc1)C(=O)N1CCOCC1CC(=O)O. The maximum Gasteiger partial charge on any atom is 0.305 e. The van der Waals surface area contributed by atoms with Crippen molar-refractivity contribution in [3.63, 3.8) is 0 Å². The smallest absolute Gasteiger partial charge is 0.305 e. The van der Waals surface area contributed by atoms with Gasteiger partial charge in [-0.2, -0.15) is 0 Å². The van der Waals surface area contributed by atoms with Crippen LogP contribution in [0.1, 0.15) is 12.0 Å². The Hall–Kier alpha value is -1.92.